The van der Waals surface area contributed by atoms with Crippen LogP contribution >= 0.6 is 0 Å². The fraction of sp³-hybridized carbons (Fsp3) is 0.519. The monoisotopic (exact) mass is 419 g/mol. The molecule has 4 nitrogen and oxygen atoms in total. The van der Waals surface area contributed by atoms with Crippen LogP contribution in [0.4, 0.5) is 0 Å². The fourth-order valence-corrected chi connectivity index (χ4v) is 6.67. The van der Waals surface area contributed by atoms with E-state index in [-0.39, 0.29) is 18.6 Å². The molecule has 4 heteroatoms. The number of hydrogen-bond acceptors (Lipinski definition) is 3. The molecule has 0 aromatic heterocycles. The van der Waals surface area contributed by atoms with Crippen LogP contribution in [-0.2, 0) is 11.4 Å². The first kappa shape index (κ1) is 20.4. The predicted octanol–water partition coefficient (Wildman–Crippen LogP) is 5.37. The minimum Gasteiger partial charge on any atom is -0.489 e. The molecule has 2 aromatic carbocycles. The second-order valence-electron chi connectivity index (χ2n) is 10.1. The maximum Gasteiger partial charge on any atom is 0.258 e. The van der Waals surface area contributed by atoms with Gasteiger partial charge in [-0.05, 0) is 98.4 Å². The molecule has 4 fully saturated rings. The van der Waals surface area contributed by atoms with Gasteiger partial charge >= 0.3 is 0 Å². The summed E-state index contributed by atoms with van der Waals surface area (Å²) in [7, 11) is 0. The van der Waals surface area contributed by atoms with Crippen molar-refractivity contribution in [2.24, 2.45) is 23.2 Å². The van der Waals surface area contributed by atoms with Crippen LogP contribution in [0.1, 0.15) is 51.0 Å². The third kappa shape index (κ3) is 4.58. The van der Waals surface area contributed by atoms with E-state index in [9.17, 15) is 4.79 Å². The Morgan fingerprint density at radius 2 is 1.45 bits per heavy atom. The van der Waals surface area contributed by atoms with Gasteiger partial charge in [0.25, 0.3) is 5.91 Å². The molecule has 4 aliphatic rings. The van der Waals surface area contributed by atoms with Gasteiger partial charge in [0.1, 0.15) is 18.1 Å². The van der Waals surface area contributed by atoms with Gasteiger partial charge < -0.3 is 14.8 Å². The summed E-state index contributed by atoms with van der Waals surface area (Å²) in [6.45, 7) is 2.80. The molecule has 2 aromatic rings. The van der Waals surface area contributed by atoms with Crippen molar-refractivity contribution < 1.29 is 14.3 Å². The topological polar surface area (TPSA) is 47.6 Å². The number of ether oxygens (including phenoxy) is 2. The lowest BCUT2D eigenvalue weighted by atomic mass is 9.48. The molecule has 1 atom stereocenters. The molecule has 6 rings (SSSR count). The molecule has 1 amide bonds. The molecule has 0 saturated heterocycles. The van der Waals surface area contributed by atoms with E-state index < -0.39 is 0 Å². The highest BCUT2D eigenvalue weighted by molar-refractivity contribution is 5.77. The molecule has 0 unspecified atom stereocenters. The SMILES string of the molecule is C[C@@H](NC(=O)COc1ccc(OCc2ccccc2)cc1)C12CC3CC(CC(C3)C1)C2. The van der Waals surface area contributed by atoms with Crippen molar-refractivity contribution in [3.05, 3.63) is 60.2 Å². The summed E-state index contributed by atoms with van der Waals surface area (Å²) in [5.41, 5.74) is 1.45. The standard InChI is InChI=1S/C27H33NO3/c1-19(27-14-21-11-22(15-27)13-23(12-21)16-27)28-26(29)18-31-25-9-7-24(8-10-25)30-17-20-5-3-2-4-6-20/h2-10,19,21-23H,11-18H2,1H3,(H,28,29)/t19-,21?,22?,23?,27?/m1/s1. The van der Waals surface area contributed by atoms with E-state index in [0.717, 1.165) is 29.1 Å². The third-order valence-corrected chi connectivity index (χ3v) is 7.82. The van der Waals surface area contributed by atoms with Crippen LogP contribution in [0, 0.1) is 23.2 Å². The van der Waals surface area contributed by atoms with Crippen LogP contribution in [0.25, 0.3) is 0 Å². The highest BCUT2D eigenvalue weighted by atomic mass is 16.5. The summed E-state index contributed by atoms with van der Waals surface area (Å²) in [5, 5.41) is 3.27. The highest BCUT2D eigenvalue weighted by Crippen LogP contribution is 2.61. The Balaban J connectivity index is 1.09. The van der Waals surface area contributed by atoms with Crippen molar-refractivity contribution in [2.45, 2.75) is 58.1 Å². The van der Waals surface area contributed by atoms with Crippen LogP contribution < -0.4 is 14.8 Å². The van der Waals surface area contributed by atoms with Crippen molar-refractivity contribution in [3.63, 3.8) is 0 Å². The molecule has 4 saturated carbocycles. The van der Waals surface area contributed by atoms with E-state index in [0.29, 0.717) is 17.8 Å². The lowest BCUT2D eigenvalue weighted by molar-refractivity contribution is -0.127. The Morgan fingerprint density at radius 1 is 0.903 bits per heavy atom. The van der Waals surface area contributed by atoms with Gasteiger partial charge in [-0.3, -0.25) is 4.79 Å². The Morgan fingerprint density at radius 3 is 2.03 bits per heavy atom. The lowest BCUT2D eigenvalue weighted by Gasteiger charge is -2.59. The van der Waals surface area contributed by atoms with Gasteiger partial charge in [-0.1, -0.05) is 30.3 Å². The van der Waals surface area contributed by atoms with Crippen molar-refractivity contribution in [3.8, 4) is 11.5 Å². The molecule has 1 N–H and O–H groups in total. The number of carbonyl (C=O) groups excluding carboxylic acids is 1. The van der Waals surface area contributed by atoms with Crippen LogP contribution in [0.3, 0.4) is 0 Å². The third-order valence-electron chi connectivity index (χ3n) is 7.82. The van der Waals surface area contributed by atoms with Gasteiger partial charge in [-0.2, -0.15) is 0 Å². The average molecular weight is 420 g/mol. The average Bonchev–Trinajstić information content (AvgIpc) is 2.77. The molecule has 4 aliphatic carbocycles. The maximum absolute atomic E-state index is 12.6. The van der Waals surface area contributed by atoms with Gasteiger partial charge in [-0.15, -0.1) is 0 Å². The first-order valence-electron chi connectivity index (χ1n) is 11.8. The van der Waals surface area contributed by atoms with E-state index >= 15 is 0 Å². The van der Waals surface area contributed by atoms with E-state index in [1.165, 1.54) is 38.5 Å². The van der Waals surface area contributed by atoms with Gasteiger partial charge in [0.05, 0.1) is 0 Å². The summed E-state index contributed by atoms with van der Waals surface area (Å²) in [6.07, 6.45) is 8.17. The van der Waals surface area contributed by atoms with Crippen molar-refractivity contribution in [1.82, 2.24) is 5.32 Å². The molecule has 4 bridgehead atoms. The van der Waals surface area contributed by atoms with Gasteiger partial charge in [0.15, 0.2) is 6.61 Å². The summed E-state index contributed by atoms with van der Waals surface area (Å²) >= 11 is 0. The Hall–Kier alpha value is -2.49. The van der Waals surface area contributed by atoms with Crippen LogP contribution in [0.15, 0.2) is 54.6 Å². The zero-order valence-corrected chi connectivity index (χ0v) is 18.4. The molecule has 31 heavy (non-hydrogen) atoms. The van der Waals surface area contributed by atoms with Gasteiger partial charge in [-0.25, -0.2) is 0 Å². The molecular formula is C27H33NO3. The van der Waals surface area contributed by atoms with E-state index in [1.807, 2.05) is 54.6 Å². The second kappa shape index (κ2) is 8.57. The van der Waals surface area contributed by atoms with Crippen LogP contribution in [-0.4, -0.2) is 18.6 Å². The largest absolute Gasteiger partial charge is 0.489 e. The Bertz CT molecular complexity index is 857. The lowest BCUT2D eigenvalue weighted by Crippen LogP contribution is -2.56. The molecule has 0 aliphatic heterocycles. The fourth-order valence-electron chi connectivity index (χ4n) is 6.67. The quantitative estimate of drug-likeness (QED) is 0.626. The molecule has 0 radical (unpaired) electrons. The van der Waals surface area contributed by atoms with E-state index in [4.69, 9.17) is 9.47 Å². The minimum atomic E-state index is -0.0207. The van der Waals surface area contributed by atoms with Crippen LogP contribution in [0.2, 0.25) is 0 Å². The Labute approximate surface area is 185 Å². The normalized spacial score (nSPS) is 29.4. The van der Waals surface area contributed by atoms with Crippen molar-refractivity contribution in [1.29, 1.82) is 0 Å². The van der Waals surface area contributed by atoms with Crippen molar-refractivity contribution in [2.75, 3.05) is 6.61 Å². The minimum absolute atomic E-state index is 0.0207. The van der Waals surface area contributed by atoms with E-state index in [2.05, 4.69) is 12.2 Å². The van der Waals surface area contributed by atoms with Crippen molar-refractivity contribution >= 4 is 5.91 Å². The molecule has 0 heterocycles. The second-order valence-corrected chi connectivity index (χ2v) is 10.1. The predicted molar refractivity (Wildman–Crippen MR) is 121 cm³/mol. The van der Waals surface area contributed by atoms with Gasteiger partial charge in [0.2, 0.25) is 0 Å². The summed E-state index contributed by atoms with van der Waals surface area (Å²) in [5.74, 6) is 4.13. The number of nitrogens with one attached hydrogen (secondary N) is 1. The van der Waals surface area contributed by atoms with Gasteiger partial charge in [0, 0.05) is 6.04 Å². The van der Waals surface area contributed by atoms with Crippen LogP contribution in [0.5, 0.6) is 11.5 Å². The summed E-state index contributed by atoms with van der Waals surface area (Å²) < 4.78 is 11.5. The first-order chi connectivity index (χ1) is 15.1. The first-order valence-corrected chi connectivity index (χ1v) is 11.8. The Kier molecular flexibility index (Phi) is 5.64. The molecular weight excluding hydrogens is 386 g/mol. The zero-order valence-electron chi connectivity index (χ0n) is 18.4. The zero-order chi connectivity index (χ0) is 21.3. The number of amides is 1. The summed E-state index contributed by atoms with van der Waals surface area (Å²) in [6, 6.07) is 17.8. The molecule has 0 spiro atoms. The number of rotatable bonds is 8. The number of benzene rings is 2. The summed E-state index contributed by atoms with van der Waals surface area (Å²) in [4.78, 5) is 12.6. The highest BCUT2D eigenvalue weighted by Gasteiger charge is 2.53. The smallest absolute Gasteiger partial charge is 0.258 e. The number of hydrogen-bond donors (Lipinski definition) is 1. The maximum atomic E-state index is 12.6. The number of carbonyl (C=O) groups is 1. The molecule has 164 valence electrons. The van der Waals surface area contributed by atoms with E-state index in [1.54, 1.807) is 0 Å².